The van der Waals surface area contributed by atoms with Gasteiger partial charge in [0.1, 0.15) is 29.3 Å². The van der Waals surface area contributed by atoms with Crippen LogP contribution in [-0.2, 0) is 18.3 Å². The van der Waals surface area contributed by atoms with Gasteiger partial charge in [-0.3, -0.25) is 19.1 Å². The van der Waals surface area contributed by atoms with Gasteiger partial charge in [0.05, 0.1) is 22.1 Å². The highest BCUT2D eigenvalue weighted by molar-refractivity contribution is 5.98. The number of pyridine rings is 1. The average Bonchev–Trinajstić information content (AvgIpc) is 3.05. The Morgan fingerprint density at radius 3 is 2.28 bits per heavy atom. The molecule has 0 bridgehead atoms. The van der Waals surface area contributed by atoms with Crippen LogP contribution in [0.2, 0.25) is 0 Å². The molecule has 11 nitrogen and oxygen atoms in total. The van der Waals surface area contributed by atoms with Crippen molar-refractivity contribution in [2.24, 2.45) is 7.05 Å². The van der Waals surface area contributed by atoms with E-state index in [1.807, 2.05) is 5.32 Å². The number of hydrogen-bond donors (Lipinski definition) is 3. The third kappa shape index (κ3) is 6.73. The van der Waals surface area contributed by atoms with Gasteiger partial charge in [-0.1, -0.05) is 19.1 Å². The van der Waals surface area contributed by atoms with Crippen molar-refractivity contribution in [3.05, 3.63) is 104 Å². The van der Waals surface area contributed by atoms with Crippen molar-refractivity contribution < 1.29 is 36.6 Å². The number of fused-ring (bicyclic) bond motifs is 2. The van der Waals surface area contributed by atoms with Crippen LogP contribution < -0.4 is 26.8 Å². The van der Waals surface area contributed by atoms with Crippen LogP contribution in [0.15, 0.2) is 70.4 Å². The molecule has 2 heterocycles. The van der Waals surface area contributed by atoms with Crippen molar-refractivity contribution in [1.29, 1.82) is 0 Å². The van der Waals surface area contributed by atoms with E-state index in [9.17, 15) is 46.2 Å². The molecule has 16 heteroatoms. The number of nitrogens with zero attached hydrogens (tertiary/aromatic N) is 4. The molecule has 0 saturated heterocycles. The Hall–Kier alpha value is -5.80. The van der Waals surface area contributed by atoms with Crippen molar-refractivity contribution in [2.75, 3.05) is 24.3 Å². The number of aryl methyl sites for hydroxylation is 1. The van der Waals surface area contributed by atoms with E-state index in [-0.39, 0.29) is 16.6 Å². The van der Waals surface area contributed by atoms with Gasteiger partial charge in [0.25, 0.3) is 11.5 Å². The molecule has 5 aromatic rings. The van der Waals surface area contributed by atoms with Gasteiger partial charge in [-0.25, -0.2) is 22.9 Å². The first-order chi connectivity index (χ1) is 23.5. The summed E-state index contributed by atoms with van der Waals surface area (Å²) in [4.78, 5) is 58.7. The van der Waals surface area contributed by atoms with Crippen LogP contribution in [0.3, 0.4) is 0 Å². The largest absolute Gasteiger partial charge is 0.480 e. The summed E-state index contributed by atoms with van der Waals surface area (Å²) in [6.45, 7) is 1.23. The number of nitrogens with one attached hydrogen (secondary N) is 2. The van der Waals surface area contributed by atoms with Crippen molar-refractivity contribution in [3.8, 4) is 5.69 Å². The molecule has 2 aromatic heterocycles. The second-order valence-corrected chi connectivity index (χ2v) is 11.8. The number of carboxylic acids is 1. The maximum atomic E-state index is 14.9. The Labute approximate surface area is 280 Å². The Morgan fingerprint density at radius 1 is 1.00 bits per heavy atom. The maximum Gasteiger partial charge on any atom is 0.408 e. The first kappa shape index (κ1) is 35.5. The van der Waals surface area contributed by atoms with Crippen LogP contribution in [0.1, 0.15) is 29.3 Å². The predicted octanol–water partition coefficient (Wildman–Crippen LogP) is 4.76. The van der Waals surface area contributed by atoms with Gasteiger partial charge in [0.2, 0.25) is 0 Å². The SMILES string of the molecule is CCC(Nc1cc(F)c(C(=O)NC(Cc2ccc(-n3c(=O)c4cc(N(C)C)ccc4n(C)c3=O)c3ncccc23)C(=O)O)c(F)c1)C(F)(F)F. The zero-order valence-corrected chi connectivity index (χ0v) is 27.1. The highest BCUT2D eigenvalue weighted by Crippen LogP contribution is 2.28. The quantitative estimate of drug-likeness (QED) is 0.178. The van der Waals surface area contributed by atoms with E-state index < -0.39 is 77.1 Å². The summed E-state index contributed by atoms with van der Waals surface area (Å²) in [6.07, 6.45) is -4.16. The Kier molecular flexibility index (Phi) is 9.66. The molecule has 262 valence electrons. The monoisotopic (exact) mass is 698 g/mol. The number of anilines is 2. The highest BCUT2D eigenvalue weighted by Gasteiger charge is 2.38. The van der Waals surface area contributed by atoms with E-state index in [0.29, 0.717) is 28.6 Å². The first-order valence-corrected chi connectivity index (χ1v) is 15.2. The summed E-state index contributed by atoms with van der Waals surface area (Å²) in [5.74, 6) is -6.04. The molecular formula is C34H31F5N6O5. The second-order valence-electron chi connectivity index (χ2n) is 11.8. The van der Waals surface area contributed by atoms with Gasteiger partial charge >= 0.3 is 17.8 Å². The maximum absolute atomic E-state index is 14.9. The van der Waals surface area contributed by atoms with Gasteiger partial charge in [-0.15, -0.1) is 0 Å². The van der Waals surface area contributed by atoms with E-state index in [4.69, 9.17) is 0 Å². The zero-order chi connectivity index (χ0) is 36.7. The Balaban J connectivity index is 1.50. The van der Waals surface area contributed by atoms with Gasteiger partial charge in [-0.05, 0) is 54.4 Å². The first-order valence-electron chi connectivity index (χ1n) is 15.2. The van der Waals surface area contributed by atoms with Gasteiger partial charge in [-0.2, -0.15) is 13.2 Å². The lowest BCUT2D eigenvalue weighted by molar-refractivity contribution is -0.143. The van der Waals surface area contributed by atoms with Crippen LogP contribution in [0, 0.1) is 11.6 Å². The summed E-state index contributed by atoms with van der Waals surface area (Å²) in [7, 11) is 5.12. The lowest BCUT2D eigenvalue weighted by Gasteiger charge is -2.22. The van der Waals surface area contributed by atoms with Gasteiger partial charge in [0, 0.05) is 50.5 Å². The van der Waals surface area contributed by atoms with Crippen molar-refractivity contribution in [3.63, 3.8) is 0 Å². The lowest BCUT2D eigenvalue weighted by atomic mass is 9.99. The van der Waals surface area contributed by atoms with Crippen molar-refractivity contribution >= 4 is 45.1 Å². The van der Waals surface area contributed by atoms with Crippen LogP contribution in [0.5, 0.6) is 0 Å². The number of halogens is 5. The number of amides is 1. The molecular weight excluding hydrogens is 667 g/mol. The number of carbonyl (C=O) groups excluding carboxylic acids is 1. The summed E-state index contributed by atoms with van der Waals surface area (Å²) < 4.78 is 71.6. The van der Waals surface area contributed by atoms with Crippen molar-refractivity contribution in [1.82, 2.24) is 19.4 Å². The third-order valence-corrected chi connectivity index (χ3v) is 8.29. The molecule has 0 aliphatic heterocycles. The Morgan fingerprint density at radius 2 is 1.68 bits per heavy atom. The molecule has 0 aliphatic rings. The minimum absolute atomic E-state index is 0.108. The molecule has 3 aromatic carbocycles. The summed E-state index contributed by atoms with van der Waals surface area (Å²) >= 11 is 0. The number of aromatic nitrogens is 3. The van der Waals surface area contributed by atoms with Crippen LogP contribution in [0.25, 0.3) is 27.5 Å². The normalized spacial score (nSPS) is 12.9. The lowest BCUT2D eigenvalue weighted by Crippen LogP contribution is -2.43. The molecule has 0 aliphatic carbocycles. The van der Waals surface area contributed by atoms with E-state index >= 15 is 0 Å². The van der Waals surface area contributed by atoms with E-state index in [1.54, 1.807) is 43.3 Å². The number of rotatable bonds is 10. The minimum Gasteiger partial charge on any atom is -0.480 e. The van der Waals surface area contributed by atoms with Gasteiger partial charge in [0.15, 0.2) is 0 Å². The predicted molar refractivity (Wildman–Crippen MR) is 177 cm³/mol. The fourth-order valence-electron chi connectivity index (χ4n) is 5.65. The third-order valence-electron chi connectivity index (χ3n) is 8.29. The van der Waals surface area contributed by atoms with E-state index in [1.165, 1.54) is 42.9 Å². The van der Waals surface area contributed by atoms with Crippen molar-refractivity contribution in [2.45, 2.75) is 38.0 Å². The summed E-state index contributed by atoms with van der Waals surface area (Å²) in [5.41, 5.74) is -1.34. The molecule has 0 spiro atoms. The topological polar surface area (TPSA) is 139 Å². The van der Waals surface area contributed by atoms with Crippen LogP contribution in [-0.4, -0.2) is 63.5 Å². The molecule has 50 heavy (non-hydrogen) atoms. The number of alkyl halides is 3. The number of carbonyl (C=O) groups is 2. The van der Waals surface area contributed by atoms with E-state index in [2.05, 4.69) is 10.3 Å². The van der Waals surface area contributed by atoms with Gasteiger partial charge < -0.3 is 20.6 Å². The Bertz CT molecular complexity index is 2240. The molecule has 2 unspecified atom stereocenters. The molecule has 0 fully saturated rings. The second kappa shape index (κ2) is 13.6. The fraction of sp³-hybridized carbons (Fsp3) is 0.265. The number of aliphatic carboxylic acids is 1. The molecule has 5 rings (SSSR count). The average molecular weight is 699 g/mol. The highest BCUT2D eigenvalue weighted by atomic mass is 19.4. The molecule has 2 atom stereocenters. The van der Waals surface area contributed by atoms with Crippen LogP contribution in [0.4, 0.5) is 33.3 Å². The fourth-order valence-corrected chi connectivity index (χ4v) is 5.65. The molecule has 0 radical (unpaired) electrons. The summed E-state index contributed by atoms with van der Waals surface area (Å²) in [5, 5.41) is 14.6. The minimum atomic E-state index is -4.71. The smallest absolute Gasteiger partial charge is 0.408 e. The number of hydrogen-bond acceptors (Lipinski definition) is 7. The molecule has 3 N–H and O–H groups in total. The zero-order valence-electron chi connectivity index (χ0n) is 27.1. The standard InChI is InChI=1S/C34H31F5N6O5/c1-5-27(34(37,38)39)41-18-14-22(35)28(23(36)15-18)30(46)42-24(32(48)49)13-17-8-10-26(29-20(17)7-6-12-40-29)45-31(47)21-16-19(43(2)3)9-11-25(21)44(4)33(45)50/h6-12,14-16,24,27,41H,5,13H2,1-4H3,(H,42,46)(H,48,49). The van der Waals surface area contributed by atoms with E-state index in [0.717, 1.165) is 10.3 Å². The summed E-state index contributed by atoms with van der Waals surface area (Å²) in [6, 6.07) is 8.22. The number of benzene rings is 3. The number of carboxylic acid groups (broad SMARTS) is 1. The molecule has 0 saturated carbocycles. The molecule has 1 amide bonds. The van der Waals surface area contributed by atoms with Crippen LogP contribution >= 0.6 is 0 Å².